The van der Waals surface area contributed by atoms with Gasteiger partial charge in [0.2, 0.25) is 0 Å². The highest BCUT2D eigenvalue weighted by atomic mass is 79.9. The van der Waals surface area contributed by atoms with E-state index in [2.05, 4.69) is 67.7 Å². The molecule has 0 saturated carbocycles. The molecule has 0 aliphatic carbocycles. The first kappa shape index (κ1) is 21.9. The molecule has 2 aliphatic heterocycles. The summed E-state index contributed by atoms with van der Waals surface area (Å²) in [5.41, 5.74) is 6.42. The van der Waals surface area contributed by atoms with E-state index in [1.165, 1.54) is 5.56 Å². The second kappa shape index (κ2) is 9.51. The molecule has 0 radical (unpaired) electrons. The minimum absolute atomic E-state index is 0.0962. The molecule has 0 aromatic heterocycles. The van der Waals surface area contributed by atoms with E-state index in [4.69, 9.17) is 0 Å². The molecule has 33 heavy (non-hydrogen) atoms. The smallest absolute Gasteiger partial charge is 0.258 e. The summed E-state index contributed by atoms with van der Waals surface area (Å²) in [5.74, 6) is -0.0962. The van der Waals surface area contributed by atoms with Crippen molar-refractivity contribution in [2.45, 2.75) is 6.54 Å². The normalized spacial score (nSPS) is 18.1. The second-order valence-electron chi connectivity index (χ2n) is 8.66. The molecule has 2 aliphatic rings. The van der Waals surface area contributed by atoms with Crippen molar-refractivity contribution in [3.63, 3.8) is 0 Å². The van der Waals surface area contributed by atoms with Gasteiger partial charge in [-0.25, -0.2) is 0 Å². The number of nitrogens with one attached hydrogen (secondary N) is 2. The van der Waals surface area contributed by atoms with Crippen LogP contribution in [-0.4, -0.2) is 48.9 Å². The topological polar surface area (TPSA) is 47.6 Å². The molecule has 0 unspecified atom stereocenters. The third kappa shape index (κ3) is 4.88. The molecule has 1 saturated heterocycles. The van der Waals surface area contributed by atoms with Crippen LogP contribution in [0.25, 0.3) is 11.3 Å². The Hall–Kier alpha value is -2.93. The molecular formula is C27H27BrN4O. The van der Waals surface area contributed by atoms with Gasteiger partial charge in [0.15, 0.2) is 0 Å². The fourth-order valence-electron chi connectivity index (χ4n) is 4.38. The zero-order chi connectivity index (χ0) is 22.8. The van der Waals surface area contributed by atoms with Crippen molar-refractivity contribution < 1.29 is 4.79 Å². The number of piperazine rings is 1. The first-order chi connectivity index (χ1) is 16.1. The molecule has 3 aromatic carbocycles. The number of hydrogen-bond acceptors (Lipinski definition) is 4. The Labute approximate surface area is 203 Å². The molecular weight excluding hydrogens is 476 g/mol. The average molecular weight is 503 g/mol. The lowest BCUT2D eigenvalue weighted by Gasteiger charge is -2.32. The maximum atomic E-state index is 13.0. The summed E-state index contributed by atoms with van der Waals surface area (Å²) in [6, 6.07) is 24.5. The Morgan fingerprint density at radius 2 is 1.70 bits per heavy atom. The van der Waals surface area contributed by atoms with Crippen LogP contribution in [0.15, 0.2) is 77.3 Å². The molecule has 168 valence electrons. The number of nitrogens with zero attached hydrogens (tertiary/aromatic N) is 2. The Kier molecular flexibility index (Phi) is 6.31. The molecule has 2 N–H and O–H groups in total. The summed E-state index contributed by atoms with van der Waals surface area (Å²) >= 11 is 3.50. The van der Waals surface area contributed by atoms with Crippen LogP contribution in [0.3, 0.4) is 0 Å². The SMILES string of the molecule is CN1CCN(Cc2ccc(N/C(=C3\C(=O)Nc4cc(Br)ccc43)c3ccccc3)cc2)CC1. The van der Waals surface area contributed by atoms with E-state index in [0.717, 1.165) is 65.4 Å². The van der Waals surface area contributed by atoms with Crippen LogP contribution in [0, 0.1) is 0 Å². The number of hydrogen-bond donors (Lipinski definition) is 2. The van der Waals surface area contributed by atoms with E-state index in [0.29, 0.717) is 5.57 Å². The fraction of sp³-hybridized carbons (Fsp3) is 0.222. The van der Waals surface area contributed by atoms with Gasteiger partial charge >= 0.3 is 0 Å². The maximum Gasteiger partial charge on any atom is 0.258 e. The van der Waals surface area contributed by atoms with Crippen LogP contribution in [0.4, 0.5) is 11.4 Å². The van der Waals surface area contributed by atoms with Gasteiger partial charge < -0.3 is 15.5 Å². The molecule has 1 fully saturated rings. The summed E-state index contributed by atoms with van der Waals surface area (Å²) in [4.78, 5) is 17.9. The van der Waals surface area contributed by atoms with Crippen LogP contribution < -0.4 is 10.6 Å². The van der Waals surface area contributed by atoms with Gasteiger partial charge in [-0.15, -0.1) is 0 Å². The number of benzene rings is 3. The average Bonchev–Trinajstić information content (AvgIpc) is 3.15. The number of fused-ring (bicyclic) bond motifs is 1. The van der Waals surface area contributed by atoms with Crippen molar-refractivity contribution in [2.24, 2.45) is 0 Å². The van der Waals surface area contributed by atoms with Gasteiger partial charge in [0.1, 0.15) is 0 Å². The van der Waals surface area contributed by atoms with Gasteiger partial charge in [-0.3, -0.25) is 9.69 Å². The summed E-state index contributed by atoms with van der Waals surface area (Å²) in [6.45, 7) is 5.41. The van der Waals surface area contributed by atoms with Crippen molar-refractivity contribution in [2.75, 3.05) is 43.9 Å². The molecule has 0 bridgehead atoms. The van der Waals surface area contributed by atoms with E-state index in [1.54, 1.807) is 0 Å². The Bertz CT molecular complexity index is 1180. The number of carbonyl (C=O) groups is 1. The Morgan fingerprint density at radius 1 is 0.970 bits per heavy atom. The third-order valence-electron chi connectivity index (χ3n) is 6.26. The predicted molar refractivity (Wildman–Crippen MR) is 139 cm³/mol. The summed E-state index contributed by atoms with van der Waals surface area (Å²) in [6.07, 6.45) is 0. The molecule has 0 spiro atoms. The van der Waals surface area contributed by atoms with Gasteiger partial charge in [-0.1, -0.05) is 64.5 Å². The van der Waals surface area contributed by atoms with E-state index in [-0.39, 0.29) is 5.91 Å². The number of anilines is 2. The van der Waals surface area contributed by atoms with Crippen LogP contribution >= 0.6 is 15.9 Å². The van der Waals surface area contributed by atoms with Crippen molar-refractivity contribution in [1.82, 2.24) is 9.80 Å². The summed E-state index contributed by atoms with van der Waals surface area (Å²) in [5, 5.41) is 6.55. The molecule has 5 nitrogen and oxygen atoms in total. The number of amides is 1. The molecule has 6 heteroatoms. The third-order valence-corrected chi connectivity index (χ3v) is 6.76. The van der Waals surface area contributed by atoms with Crippen LogP contribution in [-0.2, 0) is 11.3 Å². The highest BCUT2D eigenvalue weighted by Gasteiger charge is 2.28. The highest BCUT2D eigenvalue weighted by molar-refractivity contribution is 9.10. The number of likely N-dealkylation sites (N-methyl/N-ethyl adjacent to an activating group) is 1. The van der Waals surface area contributed by atoms with Crippen LogP contribution in [0.5, 0.6) is 0 Å². The van der Waals surface area contributed by atoms with Crippen molar-refractivity contribution in [3.05, 3.63) is 94.0 Å². The van der Waals surface area contributed by atoms with E-state index in [1.807, 2.05) is 48.5 Å². The lowest BCUT2D eigenvalue weighted by Crippen LogP contribution is -2.43. The zero-order valence-corrected chi connectivity index (χ0v) is 20.2. The highest BCUT2D eigenvalue weighted by Crippen LogP contribution is 2.38. The second-order valence-corrected chi connectivity index (χ2v) is 9.58. The lowest BCUT2D eigenvalue weighted by atomic mass is 10.00. The summed E-state index contributed by atoms with van der Waals surface area (Å²) in [7, 11) is 2.18. The van der Waals surface area contributed by atoms with Gasteiger partial charge in [0, 0.05) is 48.4 Å². The van der Waals surface area contributed by atoms with E-state index >= 15 is 0 Å². The van der Waals surface area contributed by atoms with Crippen molar-refractivity contribution >= 4 is 44.5 Å². The van der Waals surface area contributed by atoms with Gasteiger partial charge in [0.25, 0.3) is 5.91 Å². The van der Waals surface area contributed by atoms with Gasteiger partial charge in [-0.05, 0) is 42.4 Å². The minimum Gasteiger partial charge on any atom is -0.354 e. The molecule has 1 amide bonds. The molecule has 5 rings (SSSR count). The largest absolute Gasteiger partial charge is 0.354 e. The standard InChI is InChI=1S/C27H27BrN4O/c1-31-13-15-32(16-14-31)18-19-7-10-22(11-8-19)29-26(20-5-3-2-4-6-20)25-23-12-9-21(28)17-24(23)30-27(25)33/h2-12,17,29H,13-16,18H2,1H3,(H,30,33)/b26-25-. The van der Waals surface area contributed by atoms with Crippen LogP contribution in [0.1, 0.15) is 16.7 Å². The van der Waals surface area contributed by atoms with Crippen molar-refractivity contribution in [1.29, 1.82) is 0 Å². The number of rotatable bonds is 5. The molecule has 3 aromatic rings. The maximum absolute atomic E-state index is 13.0. The first-order valence-corrected chi connectivity index (χ1v) is 12.0. The van der Waals surface area contributed by atoms with Gasteiger partial charge in [-0.2, -0.15) is 0 Å². The summed E-state index contributed by atoms with van der Waals surface area (Å²) < 4.78 is 0.938. The Balaban J connectivity index is 1.44. The van der Waals surface area contributed by atoms with Crippen molar-refractivity contribution in [3.8, 4) is 0 Å². The van der Waals surface area contributed by atoms with E-state index < -0.39 is 0 Å². The quantitative estimate of drug-likeness (QED) is 0.474. The number of carbonyl (C=O) groups excluding carboxylic acids is 1. The molecule has 2 heterocycles. The fourth-order valence-corrected chi connectivity index (χ4v) is 4.74. The van der Waals surface area contributed by atoms with E-state index in [9.17, 15) is 4.79 Å². The Morgan fingerprint density at radius 3 is 2.42 bits per heavy atom. The number of halogens is 1. The predicted octanol–water partition coefficient (Wildman–Crippen LogP) is 5.13. The van der Waals surface area contributed by atoms with Crippen LogP contribution in [0.2, 0.25) is 0 Å². The zero-order valence-electron chi connectivity index (χ0n) is 18.6. The minimum atomic E-state index is -0.0962. The molecule has 0 atom stereocenters. The monoisotopic (exact) mass is 502 g/mol. The van der Waals surface area contributed by atoms with Gasteiger partial charge in [0.05, 0.1) is 17.0 Å². The first-order valence-electron chi connectivity index (χ1n) is 11.2. The lowest BCUT2D eigenvalue weighted by molar-refractivity contribution is -0.110.